The molecule has 1 aromatic rings. The molecule has 0 amide bonds. The van der Waals surface area contributed by atoms with E-state index in [2.05, 4.69) is 20.8 Å². The van der Waals surface area contributed by atoms with Crippen LogP contribution in [0.3, 0.4) is 0 Å². The Morgan fingerprint density at radius 2 is 2.00 bits per heavy atom. The highest BCUT2D eigenvalue weighted by Gasteiger charge is 2.17. The molecule has 2 nitrogen and oxygen atoms in total. The number of phenolic OH excluding ortho intramolecular Hbond substituents is 1. The molecule has 0 fully saturated rings. The summed E-state index contributed by atoms with van der Waals surface area (Å²) in [6.07, 6.45) is 0. The molecule has 0 radical (unpaired) electrons. The lowest BCUT2D eigenvalue weighted by atomic mass is 9.86. The lowest BCUT2D eigenvalue weighted by molar-refractivity contribution is -0.114. The van der Waals surface area contributed by atoms with E-state index in [1.807, 2.05) is 12.1 Å². The molecule has 0 aliphatic rings. The second kappa shape index (κ2) is 4.91. The molecule has 0 aliphatic carbocycles. The molecule has 0 heterocycles. The minimum Gasteiger partial charge on any atom is -0.508 e. The monoisotopic (exact) mass is 238 g/mol. The van der Waals surface area contributed by atoms with Gasteiger partial charge in [0.2, 0.25) is 0 Å². The standard InChI is InChI=1S/C13H18O2S/c1-9(14)8-16-10-5-6-11(12(15)7-10)13(2,3)4/h5-7,15H,8H2,1-4H3. The van der Waals surface area contributed by atoms with Crippen LogP contribution in [-0.2, 0) is 10.2 Å². The fourth-order valence-electron chi connectivity index (χ4n) is 1.42. The normalized spacial score (nSPS) is 11.5. The van der Waals surface area contributed by atoms with Crippen LogP contribution in [-0.4, -0.2) is 16.6 Å². The largest absolute Gasteiger partial charge is 0.508 e. The Labute approximate surface area is 101 Å². The van der Waals surface area contributed by atoms with Gasteiger partial charge in [-0.1, -0.05) is 26.8 Å². The maximum absolute atomic E-state index is 10.8. The summed E-state index contributed by atoms with van der Waals surface area (Å²) in [6.45, 7) is 7.75. The Morgan fingerprint density at radius 1 is 1.38 bits per heavy atom. The van der Waals surface area contributed by atoms with Crippen molar-refractivity contribution in [3.63, 3.8) is 0 Å². The van der Waals surface area contributed by atoms with Gasteiger partial charge in [0.25, 0.3) is 0 Å². The van der Waals surface area contributed by atoms with E-state index < -0.39 is 0 Å². The van der Waals surface area contributed by atoms with Crippen molar-refractivity contribution < 1.29 is 9.90 Å². The van der Waals surface area contributed by atoms with Crippen LogP contribution in [0.5, 0.6) is 5.75 Å². The Bertz CT molecular complexity index is 391. The molecule has 0 atom stereocenters. The first-order valence-corrected chi connectivity index (χ1v) is 6.25. The third kappa shape index (κ3) is 3.56. The molecule has 16 heavy (non-hydrogen) atoms. The molecular formula is C13H18O2S. The second-order valence-corrected chi connectivity index (χ2v) is 5.97. The predicted molar refractivity (Wildman–Crippen MR) is 68.2 cm³/mol. The van der Waals surface area contributed by atoms with Crippen molar-refractivity contribution in [2.75, 3.05) is 5.75 Å². The van der Waals surface area contributed by atoms with E-state index in [9.17, 15) is 9.90 Å². The Hall–Kier alpha value is -0.960. The lowest BCUT2D eigenvalue weighted by Crippen LogP contribution is -2.11. The second-order valence-electron chi connectivity index (χ2n) is 4.92. The van der Waals surface area contributed by atoms with E-state index in [0.717, 1.165) is 10.5 Å². The van der Waals surface area contributed by atoms with E-state index in [1.54, 1.807) is 13.0 Å². The van der Waals surface area contributed by atoms with Gasteiger partial charge in [-0.25, -0.2) is 0 Å². The van der Waals surface area contributed by atoms with Crippen molar-refractivity contribution in [2.45, 2.75) is 38.0 Å². The number of phenols is 1. The third-order valence-electron chi connectivity index (χ3n) is 2.22. The maximum atomic E-state index is 10.8. The molecule has 0 saturated carbocycles. The van der Waals surface area contributed by atoms with Crippen LogP contribution in [0.2, 0.25) is 0 Å². The molecule has 1 aromatic carbocycles. The average Bonchev–Trinajstić information content (AvgIpc) is 2.12. The van der Waals surface area contributed by atoms with Crippen LogP contribution < -0.4 is 0 Å². The minimum atomic E-state index is -0.0617. The van der Waals surface area contributed by atoms with Gasteiger partial charge >= 0.3 is 0 Å². The van der Waals surface area contributed by atoms with E-state index in [1.165, 1.54) is 11.8 Å². The van der Waals surface area contributed by atoms with Gasteiger partial charge in [-0.15, -0.1) is 11.8 Å². The highest BCUT2D eigenvalue weighted by molar-refractivity contribution is 8.00. The zero-order chi connectivity index (χ0) is 12.3. The van der Waals surface area contributed by atoms with Crippen LogP contribution in [0, 0.1) is 0 Å². The van der Waals surface area contributed by atoms with Crippen molar-refractivity contribution >= 4 is 17.5 Å². The van der Waals surface area contributed by atoms with Gasteiger partial charge in [0.1, 0.15) is 11.5 Å². The van der Waals surface area contributed by atoms with Crippen molar-refractivity contribution in [1.82, 2.24) is 0 Å². The number of Topliss-reactive ketones (excluding diaryl/α,β-unsaturated/α-hetero) is 1. The maximum Gasteiger partial charge on any atom is 0.140 e. The zero-order valence-electron chi connectivity index (χ0n) is 10.2. The van der Waals surface area contributed by atoms with Gasteiger partial charge in [0, 0.05) is 4.90 Å². The number of benzene rings is 1. The van der Waals surface area contributed by atoms with Crippen molar-refractivity contribution in [3.05, 3.63) is 23.8 Å². The number of rotatable bonds is 3. The molecule has 1 N–H and O–H groups in total. The summed E-state index contributed by atoms with van der Waals surface area (Å²) in [5, 5.41) is 9.89. The van der Waals surface area contributed by atoms with E-state index in [4.69, 9.17) is 0 Å². The number of thioether (sulfide) groups is 1. The fraction of sp³-hybridized carbons (Fsp3) is 0.462. The van der Waals surface area contributed by atoms with E-state index in [-0.39, 0.29) is 11.2 Å². The molecule has 1 rings (SSSR count). The van der Waals surface area contributed by atoms with E-state index in [0.29, 0.717) is 11.5 Å². The number of aromatic hydroxyl groups is 1. The number of carbonyl (C=O) groups excluding carboxylic acids is 1. The van der Waals surface area contributed by atoms with Crippen LogP contribution in [0.25, 0.3) is 0 Å². The lowest BCUT2D eigenvalue weighted by Gasteiger charge is -2.20. The average molecular weight is 238 g/mol. The summed E-state index contributed by atoms with van der Waals surface area (Å²) in [5.41, 5.74) is 0.869. The molecule has 0 aliphatic heterocycles. The summed E-state index contributed by atoms with van der Waals surface area (Å²) in [4.78, 5) is 11.8. The van der Waals surface area contributed by atoms with Crippen LogP contribution in [0.1, 0.15) is 33.3 Å². The zero-order valence-corrected chi connectivity index (χ0v) is 11.0. The highest BCUT2D eigenvalue weighted by atomic mass is 32.2. The first kappa shape index (κ1) is 13.1. The number of hydrogen-bond donors (Lipinski definition) is 1. The summed E-state index contributed by atoms with van der Waals surface area (Å²) >= 11 is 1.45. The molecule has 0 saturated heterocycles. The molecule has 88 valence electrons. The van der Waals surface area contributed by atoms with Gasteiger partial charge in [0.05, 0.1) is 5.75 Å². The minimum absolute atomic E-state index is 0.0617. The molecular weight excluding hydrogens is 220 g/mol. The summed E-state index contributed by atoms with van der Waals surface area (Å²) < 4.78 is 0. The smallest absolute Gasteiger partial charge is 0.140 e. The van der Waals surface area contributed by atoms with Crippen LogP contribution in [0.15, 0.2) is 23.1 Å². The summed E-state index contributed by atoms with van der Waals surface area (Å²) in [5.74, 6) is 0.902. The summed E-state index contributed by atoms with van der Waals surface area (Å²) in [7, 11) is 0. The van der Waals surface area contributed by atoms with Crippen molar-refractivity contribution in [2.24, 2.45) is 0 Å². The van der Waals surface area contributed by atoms with Gasteiger partial charge in [-0.2, -0.15) is 0 Å². The van der Waals surface area contributed by atoms with E-state index >= 15 is 0 Å². The van der Waals surface area contributed by atoms with Crippen LogP contribution >= 0.6 is 11.8 Å². The molecule has 0 spiro atoms. The summed E-state index contributed by atoms with van der Waals surface area (Å²) in [6, 6.07) is 5.61. The number of ketones is 1. The topological polar surface area (TPSA) is 37.3 Å². The predicted octanol–water partition coefficient (Wildman–Crippen LogP) is 3.37. The number of carbonyl (C=O) groups is 1. The van der Waals surface area contributed by atoms with Crippen molar-refractivity contribution in [3.8, 4) is 5.75 Å². The van der Waals surface area contributed by atoms with Gasteiger partial charge in [-0.3, -0.25) is 4.79 Å². The van der Waals surface area contributed by atoms with Crippen molar-refractivity contribution in [1.29, 1.82) is 0 Å². The number of hydrogen-bond acceptors (Lipinski definition) is 3. The first-order valence-electron chi connectivity index (χ1n) is 5.26. The third-order valence-corrected chi connectivity index (χ3v) is 3.36. The Balaban J connectivity index is 2.87. The van der Waals surface area contributed by atoms with Gasteiger partial charge in [-0.05, 0) is 30.0 Å². The first-order chi connectivity index (χ1) is 7.30. The Morgan fingerprint density at radius 3 is 2.44 bits per heavy atom. The highest BCUT2D eigenvalue weighted by Crippen LogP contribution is 2.33. The van der Waals surface area contributed by atoms with Gasteiger partial charge in [0.15, 0.2) is 0 Å². The quantitative estimate of drug-likeness (QED) is 0.820. The van der Waals surface area contributed by atoms with Gasteiger partial charge < -0.3 is 5.11 Å². The fourth-order valence-corrected chi connectivity index (χ4v) is 2.15. The SMILES string of the molecule is CC(=O)CSc1ccc(C(C)(C)C)c(O)c1. The van der Waals surface area contributed by atoms with Crippen LogP contribution in [0.4, 0.5) is 0 Å². The Kier molecular flexibility index (Phi) is 4.03. The molecule has 3 heteroatoms. The molecule has 0 aromatic heterocycles. The molecule has 0 bridgehead atoms. The molecule has 0 unspecified atom stereocenters.